The van der Waals surface area contributed by atoms with Crippen LogP contribution < -0.4 is 0 Å². The van der Waals surface area contributed by atoms with Gasteiger partial charge in [0.1, 0.15) is 0 Å². The zero-order valence-electron chi connectivity index (χ0n) is 16.4. The summed E-state index contributed by atoms with van der Waals surface area (Å²) in [6.45, 7) is 4.73. The van der Waals surface area contributed by atoms with Gasteiger partial charge in [0.2, 0.25) is 0 Å². The smallest absolute Gasteiger partial charge is 0.335 e. The molecule has 3 aromatic rings. The maximum absolute atomic E-state index is 11.0. The lowest BCUT2D eigenvalue weighted by atomic mass is 10.0. The molecule has 0 saturated carbocycles. The van der Waals surface area contributed by atoms with Gasteiger partial charge in [0.05, 0.1) is 24.0 Å². The van der Waals surface area contributed by atoms with Gasteiger partial charge in [-0.1, -0.05) is 67.0 Å². The van der Waals surface area contributed by atoms with Gasteiger partial charge in [0.25, 0.3) is 0 Å². The number of hydrogen-bond donors (Lipinski definition) is 1. The van der Waals surface area contributed by atoms with E-state index in [0.717, 1.165) is 28.0 Å². The van der Waals surface area contributed by atoms with Crippen molar-refractivity contribution in [3.63, 3.8) is 0 Å². The van der Waals surface area contributed by atoms with Gasteiger partial charge in [0, 0.05) is 23.1 Å². The number of aromatic carboxylic acids is 1. The molecule has 0 saturated heterocycles. The molecule has 0 aliphatic carbocycles. The Hall–Kier alpha value is -4.10. The average Bonchev–Trinajstić information content (AvgIpc) is 2.77. The van der Waals surface area contributed by atoms with Gasteiger partial charge < -0.3 is 5.11 Å². The first kappa shape index (κ1) is 19.2. The Kier molecular flexibility index (Phi) is 5.45. The third-order valence-electron chi connectivity index (χ3n) is 4.91. The molecule has 0 unspecified atom stereocenters. The van der Waals surface area contributed by atoms with Crippen LogP contribution >= 0.6 is 0 Å². The van der Waals surface area contributed by atoms with Crippen LogP contribution in [0, 0.1) is 11.8 Å². The summed E-state index contributed by atoms with van der Waals surface area (Å²) in [5.41, 5.74) is 6.15. The van der Waals surface area contributed by atoms with Crippen molar-refractivity contribution in [2.75, 3.05) is 0 Å². The van der Waals surface area contributed by atoms with E-state index in [9.17, 15) is 4.79 Å². The minimum atomic E-state index is -0.934. The first-order chi connectivity index (χ1) is 14.6. The summed E-state index contributed by atoms with van der Waals surface area (Å²) >= 11 is 0. The summed E-state index contributed by atoms with van der Waals surface area (Å²) in [5, 5.41) is 15.4. The van der Waals surface area contributed by atoms with E-state index < -0.39 is 5.97 Å². The molecular formula is C26H20N2O2. The quantitative estimate of drug-likeness (QED) is 0.649. The minimum Gasteiger partial charge on any atom is -0.478 e. The standard InChI is InChI=1S/C26H20N2O2/c1-19-25-16-21(9-5-8-20-6-3-2-4-7-20)10-15-24(25)17-27-28(19)18-22-11-13-23(14-12-22)26(29)30/h2-4,6-7,10-17H,1,8,18H2,(H,29,30). The highest BCUT2D eigenvalue weighted by atomic mass is 16.4. The summed E-state index contributed by atoms with van der Waals surface area (Å²) in [7, 11) is 0. The van der Waals surface area contributed by atoms with Crippen LogP contribution in [0.15, 0.2) is 84.5 Å². The molecule has 4 nitrogen and oxygen atoms in total. The molecule has 0 amide bonds. The first-order valence-electron chi connectivity index (χ1n) is 9.60. The van der Waals surface area contributed by atoms with E-state index in [1.165, 1.54) is 5.56 Å². The first-order valence-corrected chi connectivity index (χ1v) is 9.60. The van der Waals surface area contributed by atoms with E-state index >= 15 is 0 Å². The van der Waals surface area contributed by atoms with Crippen LogP contribution in [-0.4, -0.2) is 22.3 Å². The minimum absolute atomic E-state index is 0.267. The van der Waals surface area contributed by atoms with E-state index in [1.807, 2.05) is 47.6 Å². The molecule has 4 rings (SSSR count). The zero-order chi connectivity index (χ0) is 20.9. The third kappa shape index (κ3) is 4.31. The van der Waals surface area contributed by atoms with E-state index in [2.05, 4.69) is 35.7 Å². The molecular weight excluding hydrogens is 372 g/mol. The monoisotopic (exact) mass is 392 g/mol. The number of hydrazone groups is 1. The lowest BCUT2D eigenvalue weighted by Crippen LogP contribution is -2.20. The lowest BCUT2D eigenvalue weighted by Gasteiger charge is -2.26. The van der Waals surface area contributed by atoms with Crippen molar-refractivity contribution >= 4 is 17.9 Å². The highest BCUT2D eigenvalue weighted by Crippen LogP contribution is 2.27. The molecule has 0 atom stereocenters. The van der Waals surface area contributed by atoms with Gasteiger partial charge in [-0.3, -0.25) is 5.01 Å². The SMILES string of the molecule is C=C1c2cc(C#CCc3ccccc3)ccc2C=NN1Cc1ccc(C(=O)O)cc1. The van der Waals surface area contributed by atoms with Crippen LogP contribution in [0.25, 0.3) is 5.70 Å². The second-order valence-corrected chi connectivity index (χ2v) is 7.02. The predicted molar refractivity (Wildman–Crippen MR) is 119 cm³/mol. The van der Waals surface area contributed by atoms with Crippen LogP contribution in [-0.2, 0) is 13.0 Å². The predicted octanol–water partition coefficient (Wildman–Crippen LogP) is 4.80. The number of nitrogens with zero attached hydrogens (tertiary/aromatic N) is 2. The number of rotatable bonds is 4. The highest BCUT2D eigenvalue weighted by molar-refractivity contribution is 5.90. The van der Waals surface area contributed by atoms with Crippen LogP contribution in [0.3, 0.4) is 0 Å². The summed E-state index contributed by atoms with van der Waals surface area (Å²) in [4.78, 5) is 11.0. The topological polar surface area (TPSA) is 52.9 Å². The van der Waals surface area contributed by atoms with Crippen LogP contribution in [0.1, 0.15) is 38.2 Å². The second-order valence-electron chi connectivity index (χ2n) is 7.02. The van der Waals surface area contributed by atoms with E-state index in [-0.39, 0.29) is 5.56 Å². The van der Waals surface area contributed by atoms with Crippen LogP contribution in [0.2, 0.25) is 0 Å². The van der Waals surface area contributed by atoms with Gasteiger partial charge in [-0.25, -0.2) is 4.79 Å². The number of hydrogen-bond acceptors (Lipinski definition) is 3. The molecule has 1 aliphatic rings. The van der Waals surface area contributed by atoms with Gasteiger partial charge in [0.15, 0.2) is 0 Å². The average molecular weight is 392 g/mol. The number of carboxylic acids is 1. The largest absolute Gasteiger partial charge is 0.478 e. The summed E-state index contributed by atoms with van der Waals surface area (Å²) < 4.78 is 0. The third-order valence-corrected chi connectivity index (χ3v) is 4.91. The Morgan fingerprint density at radius 3 is 2.50 bits per heavy atom. The van der Waals surface area contributed by atoms with Crippen LogP contribution in [0.5, 0.6) is 0 Å². The van der Waals surface area contributed by atoms with Crippen molar-refractivity contribution in [1.82, 2.24) is 5.01 Å². The number of fused-ring (bicyclic) bond motifs is 1. The molecule has 0 spiro atoms. The zero-order valence-corrected chi connectivity index (χ0v) is 16.4. The summed E-state index contributed by atoms with van der Waals surface area (Å²) in [5.74, 6) is 5.53. The fourth-order valence-corrected chi connectivity index (χ4v) is 3.24. The van der Waals surface area contributed by atoms with E-state index in [0.29, 0.717) is 13.0 Å². The fraction of sp³-hybridized carbons (Fsp3) is 0.0769. The maximum Gasteiger partial charge on any atom is 0.335 e. The number of carboxylic acid groups (broad SMARTS) is 1. The summed E-state index contributed by atoms with van der Waals surface area (Å²) in [6.07, 6.45) is 2.52. The van der Waals surface area contributed by atoms with Crippen molar-refractivity contribution in [1.29, 1.82) is 0 Å². The molecule has 146 valence electrons. The fourth-order valence-electron chi connectivity index (χ4n) is 3.24. The highest BCUT2D eigenvalue weighted by Gasteiger charge is 2.17. The Balaban J connectivity index is 1.49. The molecule has 0 fully saturated rings. The van der Waals surface area contributed by atoms with Crippen molar-refractivity contribution in [2.45, 2.75) is 13.0 Å². The van der Waals surface area contributed by atoms with E-state index in [1.54, 1.807) is 24.3 Å². The molecule has 4 heteroatoms. The van der Waals surface area contributed by atoms with Gasteiger partial charge >= 0.3 is 5.97 Å². The molecule has 0 bridgehead atoms. The summed E-state index contributed by atoms with van der Waals surface area (Å²) in [6, 6.07) is 23.0. The van der Waals surface area contributed by atoms with Gasteiger partial charge in [-0.15, -0.1) is 0 Å². The molecule has 1 aliphatic heterocycles. The second kappa shape index (κ2) is 8.50. The number of benzene rings is 3. The van der Waals surface area contributed by atoms with Crippen LogP contribution in [0.4, 0.5) is 0 Å². The maximum atomic E-state index is 11.0. The molecule has 3 aromatic carbocycles. The molecule has 0 aromatic heterocycles. The van der Waals surface area contributed by atoms with Crippen molar-refractivity contribution in [2.24, 2.45) is 5.10 Å². The number of carbonyl (C=O) groups is 1. The van der Waals surface area contributed by atoms with Gasteiger partial charge in [-0.2, -0.15) is 5.10 Å². The van der Waals surface area contributed by atoms with Crippen molar-refractivity contribution in [3.8, 4) is 11.8 Å². The van der Waals surface area contributed by atoms with E-state index in [4.69, 9.17) is 5.11 Å². The Bertz CT molecular complexity index is 1180. The molecule has 0 radical (unpaired) electrons. The Morgan fingerprint density at radius 1 is 1.00 bits per heavy atom. The Labute approximate surface area is 175 Å². The Morgan fingerprint density at radius 2 is 1.77 bits per heavy atom. The van der Waals surface area contributed by atoms with Gasteiger partial charge in [-0.05, 0) is 35.4 Å². The normalized spacial score (nSPS) is 12.1. The molecule has 1 heterocycles. The van der Waals surface area contributed by atoms with Crippen molar-refractivity contribution in [3.05, 3.63) is 113 Å². The molecule has 30 heavy (non-hydrogen) atoms. The lowest BCUT2D eigenvalue weighted by molar-refractivity contribution is 0.0697. The van der Waals surface area contributed by atoms with Crippen molar-refractivity contribution < 1.29 is 9.90 Å². The molecule has 1 N–H and O–H groups in total.